The minimum atomic E-state index is -0.483. The van der Waals surface area contributed by atoms with Crippen molar-refractivity contribution in [1.29, 1.82) is 0 Å². The van der Waals surface area contributed by atoms with Gasteiger partial charge < -0.3 is 14.8 Å². The Bertz CT molecular complexity index is 431. The molecular weight excluding hydrogens is 254 g/mol. The SMILES string of the molecule is CC[C@@H](Oc1cccc(OC)c1)C(=O)N[C@@H](C)C(C)C. The summed E-state index contributed by atoms with van der Waals surface area (Å²) in [5, 5.41) is 2.98. The third kappa shape index (κ3) is 4.76. The van der Waals surface area contributed by atoms with Crippen molar-refractivity contribution in [2.24, 2.45) is 5.92 Å². The van der Waals surface area contributed by atoms with Crippen molar-refractivity contribution in [3.05, 3.63) is 24.3 Å². The normalized spacial score (nSPS) is 13.7. The quantitative estimate of drug-likeness (QED) is 0.834. The fraction of sp³-hybridized carbons (Fsp3) is 0.562. The van der Waals surface area contributed by atoms with Crippen LogP contribution in [0.3, 0.4) is 0 Å². The predicted molar refractivity (Wildman–Crippen MR) is 80.1 cm³/mol. The van der Waals surface area contributed by atoms with E-state index in [1.165, 1.54) is 0 Å². The average Bonchev–Trinajstić information content (AvgIpc) is 2.44. The van der Waals surface area contributed by atoms with Gasteiger partial charge in [-0.3, -0.25) is 4.79 Å². The van der Waals surface area contributed by atoms with Crippen LogP contribution >= 0.6 is 0 Å². The summed E-state index contributed by atoms with van der Waals surface area (Å²) in [6.07, 6.45) is 0.136. The highest BCUT2D eigenvalue weighted by Crippen LogP contribution is 2.20. The van der Waals surface area contributed by atoms with Crippen molar-refractivity contribution in [2.45, 2.75) is 46.3 Å². The van der Waals surface area contributed by atoms with E-state index in [2.05, 4.69) is 19.2 Å². The molecule has 1 aromatic rings. The summed E-state index contributed by atoms with van der Waals surface area (Å²) in [5.41, 5.74) is 0. The molecule has 0 spiro atoms. The molecular formula is C16H25NO3. The molecule has 0 heterocycles. The van der Waals surface area contributed by atoms with E-state index in [0.29, 0.717) is 23.8 Å². The Morgan fingerprint density at radius 1 is 1.25 bits per heavy atom. The molecule has 0 aliphatic rings. The first-order chi connectivity index (χ1) is 9.47. The first-order valence-corrected chi connectivity index (χ1v) is 7.09. The molecule has 1 N–H and O–H groups in total. The molecule has 0 fully saturated rings. The van der Waals surface area contributed by atoms with Gasteiger partial charge in [0.15, 0.2) is 6.10 Å². The van der Waals surface area contributed by atoms with Gasteiger partial charge in [-0.25, -0.2) is 0 Å². The molecule has 112 valence electrons. The Balaban J connectivity index is 2.68. The molecule has 1 amide bonds. The standard InChI is InChI=1S/C16H25NO3/c1-6-15(16(18)17-12(4)11(2)3)20-14-9-7-8-13(10-14)19-5/h7-12,15H,6H2,1-5H3,(H,17,18)/t12-,15+/m0/s1. The molecule has 4 heteroatoms. The Labute approximate surface area is 121 Å². The smallest absolute Gasteiger partial charge is 0.261 e. The fourth-order valence-electron chi connectivity index (χ4n) is 1.65. The topological polar surface area (TPSA) is 47.6 Å². The van der Waals surface area contributed by atoms with Crippen LogP contribution in [-0.2, 0) is 4.79 Å². The second-order valence-corrected chi connectivity index (χ2v) is 5.24. The predicted octanol–water partition coefficient (Wildman–Crippen LogP) is 3.01. The van der Waals surface area contributed by atoms with Gasteiger partial charge in [-0.05, 0) is 31.4 Å². The van der Waals surface area contributed by atoms with E-state index >= 15 is 0 Å². The molecule has 0 unspecified atom stereocenters. The zero-order valence-corrected chi connectivity index (χ0v) is 13.0. The summed E-state index contributed by atoms with van der Waals surface area (Å²) in [4.78, 5) is 12.2. The number of carbonyl (C=O) groups is 1. The maximum atomic E-state index is 12.2. The number of methoxy groups -OCH3 is 1. The lowest BCUT2D eigenvalue weighted by atomic mass is 10.1. The highest BCUT2D eigenvalue weighted by atomic mass is 16.5. The van der Waals surface area contributed by atoms with Crippen molar-refractivity contribution in [3.8, 4) is 11.5 Å². The summed E-state index contributed by atoms with van der Waals surface area (Å²) in [7, 11) is 1.60. The van der Waals surface area contributed by atoms with Crippen LogP contribution in [0.15, 0.2) is 24.3 Å². The van der Waals surface area contributed by atoms with E-state index in [0.717, 1.165) is 0 Å². The number of hydrogen-bond acceptors (Lipinski definition) is 3. The molecule has 0 aliphatic heterocycles. The van der Waals surface area contributed by atoms with Crippen molar-refractivity contribution >= 4 is 5.91 Å². The Morgan fingerprint density at radius 3 is 2.45 bits per heavy atom. The Morgan fingerprint density at radius 2 is 1.90 bits per heavy atom. The van der Waals surface area contributed by atoms with E-state index in [-0.39, 0.29) is 11.9 Å². The fourth-order valence-corrected chi connectivity index (χ4v) is 1.65. The van der Waals surface area contributed by atoms with Gasteiger partial charge in [0.1, 0.15) is 11.5 Å². The van der Waals surface area contributed by atoms with Crippen LogP contribution in [0, 0.1) is 5.92 Å². The van der Waals surface area contributed by atoms with Gasteiger partial charge in [0, 0.05) is 12.1 Å². The number of carbonyl (C=O) groups excluding carboxylic acids is 1. The second-order valence-electron chi connectivity index (χ2n) is 5.24. The van der Waals surface area contributed by atoms with Gasteiger partial charge in [-0.1, -0.05) is 26.8 Å². The monoisotopic (exact) mass is 279 g/mol. The summed E-state index contributed by atoms with van der Waals surface area (Å²) in [5.74, 6) is 1.68. The molecule has 0 saturated carbocycles. The maximum Gasteiger partial charge on any atom is 0.261 e. The van der Waals surface area contributed by atoms with Crippen LogP contribution in [0.1, 0.15) is 34.1 Å². The minimum Gasteiger partial charge on any atom is -0.497 e. The van der Waals surface area contributed by atoms with Crippen LogP contribution in [0.25, 0.3) is 0 Å². The molecule has 0 aromatic heterocycles. The van der Waals surface area contributed by atoms with Gasteiger partial charge in [-0.2, -0.15) is 0 Å². The second kappa shape index (κ2) is 7.78. The number of ether oxygens (including phenoxy) is 2. The van der Waals surface area contributed by atoms with E-state index in [9.17, 15) is 4.79 Å². The van der Waals surface area contributed by atoms with Crippen LogP contribution in [-0.4, -0.2) is 25.2 Å². The lowest BCUT2D eigenvalue weighted by Crippen LogP contribution is -2.44. The zero-order valence-electron chi connectivity index (χ0n) is 13.0. The first kappa shape index (κ1) is 16.3. The van der Waals surface area contributed by atoms with Gasteiger partial charge in [0.25, 0.3) is 5.91 Å². The molecule has 4 nitrogen and oxygen atoms in total. The molecule has 20 heavy (non-hydrogen) atoms. The van der Waals surface area contributed by atoms with Gasteiger partial charge >= 0.3 is 0 Å². The van der Waals surface area contributed by atoms with Crippen molar-refractivity contribution in [3.63, 3.8) is 0 Å². The number of rotatable bonds is 7. The van der Waals surface area contributed by atoms with E-state index in [1.807, 2.05) is 32.0 Å². The molecule has 0 radical (unpaired) electrons. The number of amides is 1. The molecule has 1 aromatic carbocycles. The van der Waals surface area contributed by atoms with Crippen LogP contribution in [0.5, 0.6) is 11.5 Å². The summed E-state index contributed by atoms with van der Waals surface area (Å²) in [6, 6.07) is 7.42. The number of benzene rings is 1. The third-order valence-electron chi connectivity index (χ3n) is 3.35. The largest absolute Gasteiger partial charge is 0.497 e. The minimum absolute atomic E-state index is 0.0727. The van der Waals surface area contributed by atoms with Crippen LogP contribution in [0.4, 0.5) is 0 Å². The molecule has 0 bridgehead atoms. The third-order valence-corrected chi connectivity index (χ3v) is 3.35. The Kier molecular flexibility index (Phi) is 6.36. The van der Waals surface area contributed by atoms with Crippen molar-refractivity contribution < 1.29 is 14.3 Å². The number of nitrogens with one attached hydrogen (secondary N) is 1. The molecule has 1 rings (SSSR count). The van der Waals surface area contributed by atoms with E-state index in [4.69, 9.17) is 9.47 Å². The lowest BCUT2D eigenvalue weighted by molar-refractivity contribution is -0.129. The van der Waals surface area contributed by atoms with Gasteiger partial charge in [-0.15, -0.1) is 0 Å². The van der Waals surface area contributed by atoms with Gasteiger partial charge in [0.05, 0.1) is 7.11 Å². The zero-order chi connectivity index (χ0) is 15.1. The van der Waals surface area contributed by atoms with Crippen LogP contribution in [0.2, 0.25) is 0 Å². The summed E-state index contributed by atoms with van der Waals surface area (Å²) >= 11 is 0. The van der Waals surface area contributed by atoms with Crippen LogP contribution < -0.4 is 14.8 Å². The molecule has 0 saturated heterocycles. The maximum absolute atomic E-state index is 12.2. The van der Waals surface area contributed by atoms with E-state index < -0.39 is 6.10 Å². The molecule has 0 aliphatic carbocycles. The van der Waals surface area contributed by atoms with Gasteiger partial charge in [0.2, 0.25) is 0 Å². The average molecular weight is 279 g/mol. The van der Waals surface area contributed by atoms with E-state index in [1.54, 1.807) is 13.2 Å². The van der Waals surface area contributed by atoms with Crippen molar-refractivity contribution in [2.75, 3.05) is 7.11 Å². The summed E-state index contributed by atoms with van der Waals surface area (Å²) < 4.78 is 10.9. The first-order valence-electron chi connectivity index (χ1n) is 7.09. The molecule has 2 atom stereocenters. The number of hydrogen-bond donors (Lipinski definition) is 1. The summed E-state index contributed by atoms with van der Waals surface area (Å²) in [6.45, 7) is 8.09. The van der Waals surface area contributed by atoms with Crippen molar-refractivity contribution in [1.82, 2.24) is 5.32 Å². The highest BCUT2D eigenvalue weighted by Gasteiger charge is 2.21. The lowest BCUT2D eigenvalue weighted by Gasteiger charge is -2.22. The highest BCUT2D eigenvalue weighted by molar-refractivity contribution is 5.81. The Hall–Kier alpha value is -1.71.